The molecule has 1 rings (SSSR count). The van der Waals surface area contributed by atoms with E-state index in [0.29, 0.717) is 13.0 Å². The van der Waals surface area contributed by atoms with Gasteiger partial charge in [-0.25, -0.2) is 0 Å². The van der Waals surface area contributed by atoms with Crippen LogP contribution < -0.4 is 16.0 Å². The second kappa shape index (κ2) is 5.30. The maximum Gasteiger partial charge on any atom is 0.225 e. The lowest BCUT2D eigenvalue weighted by Crippen LogP contribution is -2.51. The fraction of sp³-hybridized carbons (Fsp3) is 0.818. The number of amides is 2. The van der Waals surface area contributed by atoms with Crippen LogP contribution in [0, 0.1) is 5.92 Å². The fourth-order valence-corrected chi connectivity index (χ4v) is 1.40. The summed E-state index contributed by atoms with van der Waals surface area (Å²) in [5.74, 6) is 0.104. The Kier molecular flexibility index (Phi) is 4.29. The van der Waals surface area contributed by atoms with Crippen molar-refractivity contribution in [2.24, 2.45) is 5.92 Å². The van der Waals surface area contributed by atoms with E-state index in [2.05, 4.69) is 16.0 Å². The van der Waals surface area contributed by atoms with Gasteiger partial charge in [0.15, 0.2) is 0 Å². The van der Waals surface area contributed by atoms with E-state index in [1.807, 2.05) is 20.8 Å². The molecule has 0 saturated carbocycles. The second-order valence-corrected chi connectivity index (χ2v) is 5.19. The van der Waals surface area contributed by atoms with Crippen molar-refractivity contribution in [2.75, 3.05) is 19.6 Å². The zero-order valence-corrected chi connectivity index (χ0v) is 10.2. The molecule has 0 radical (unpaired) electrons. The van der Waals surface area contributed by atoms with Crippen LogP contribution in [0.2, 0.25) is 0 Å². The number of rotatable bonds is 4. The average Bonchev–Trinajstić information content (AvgIpc) is 1.96. The molecule has 0 bridgehead atoms. The van der Waals surface area contributed by atoms with Crippen LogP contribution in [-0.4, -0.2) is 37.0 Å². The molecule has 5 heteroatoms. The third-order valence-corrected chi connectivity index (χ3v) is 2.32. The summed E-state index contributed by atoms with van der Waals surface area (Å²) in [5, 5.41) is 8.64. The Labute approximate surface area is 96.4 Å². The van der Waals surface area contributed by atoms with Gasteiger partial charge in [0.05, 0.1) is 5.92 Å². The molecular formula is C11H21N3O2. The van der Waals surface area contributed by atoms with E-state index in [-0.39, 0.29) is 23.3 Å². The van der Waals surface area contributed by atoms with Crippen LogP contribution in [0.1, 0.15) is 27.2 Å². The number of carbonyl (C=O) groups excluding carboxylic acids is 2. The quantitative estimate of drug-likeness (QED) is 0.613. The monoisotopic (exact) mass is 227 g/mol. The average molecular weight is 227 g/mol. The highest BCUT2D eigenvalue weighted by molar-refractivity contribution is 5.81. The van der Waals surface area contributed by atoms with E-state index in [4.69, 9.17) is 0 Å². The first-order valence-electron chi connectivity index (χ1n) is 5.68. The fourth-order valence-electron chi connectivity index (χ4n) is 1.40. The summed E-state index contributed by atoms with van der Waals surface area (Å²) in [6.45, 7) is 7.72. The molecule has 16 heavy (non-hydrogen) atoms. The SMILES string of the molecule is CC(C)(C)NC(=O)CCNC(=O)C1CNC1. The Hall–Kier alpha value is -1.10. The van der Waals surface area contributed by atoms with Crippen LogP contribution in [0.25, 0.3) is 0 Å². The molecule has 92 valence electrons. The molecule has 1 fully saturated rings. The van der Waals surface area contributed by atoms with Crippen molar-refractivity contribution in [3.63, 3.8) is 0 Å². The van der Waals surface area contributed by atoms with Gasteiger partial charge in [-0.2, -0.15) is 0 Å². The predicted octanol–water partition coefficient (Wildman–Crippen LogP) is -0.373. The van der Waals surface area contributed by atoms with Gasteiger partial charge in [-0.1, -0.05) is 0 Å². The van der Waals surface area contributed by atoms with Crippen molar-refractivity contribution in [2.45, 2.75) is 32.7 Å². The largest absolute Gasteiger partial charge is 0.355 e. The molecule has 1 aliphatic rings. The molecule has 0 aromatic heterocycles. The highest BCUT2D eigenvalue weighted by Gasteiger charge is 2.24. The molecule has 1 heterocycles. The van der Waals surface area contributed by atoms with E-state index in [1.54, 1.807) is 0 Å². The Balaban J connectivity index is 2.10. The molecule has 0 aliphatic carbocycles. The standard InChI is InChI=1S/C11H21N3O2/c1-11(2,3)14-9(15)4-5-13-10(16)8-6-12-7-8/h8,12H,4-7H2,1-3H3,(H,13,16)(H,14,15). The lowest BCUT2D eigenvalue weighted by Gasteiger charge is -2.26. The Morgan fingerprint density at radius 3 is 2.38 bits per heavy atom. The van der Waals surface area contributed by atoms with Crippen LogP contribution in [0.3, 0.4) is 0 Å². The third kappa shape index (κ3) is 4.61. The maximum atomic E-state index is 11.4. The van der Waals surface area contributed by atoms with Crippen molar-refractivity contribution >= 4 is 11.8 Å². The second-order valence-electron chi connectivity index (χ2n) is 5.19. The number of nitrogens with one attached hydrogen (secondary N) is 3. The van der Waals surface area contributed by atoms with Crippen molar-refractivity contribution < 1.29 is 9.59 Å². The van der Waals surface area contributed by atoms with E-state index in [1.165, 1.54) is 0 Å². The van der Waals surface area contributed by atoms with E-state index >= 15 is 0 Å². The first-order chi connectivity index (χ1) is 7.38. The van der Waals surface area contributed by atoms with Gasteiger partial charge in [-0.3, -0.25) is 9.59 Å². The Bertz CT molecular complexity index is 267. The van der Waals surface area contributed by atoms with Gasteiger partial charge in [-0.05, 0) is 20.8 Å². The zero-order valence-electron chi connectivity index (χ0n) is 10.2. The van der Waals surface area contributed by atoms with Crippen molar-refractivity contribution in [1.82, 2.24) is 16.0 Å². The van der Waals surface area contributed by atoms with Gasteiger partial charge in [0, 0.05) is 31.6 Å². The number of hydrogen-bond donors (Lipinski definition) is 3. The van der Waals surface area contributed by atoms with Gasteiger partial charge < -0.3 is 16.0 Å². The molecule has 5 nitrogen and oxygen atoms in total. The third-order valence-electron chi connectivity index (χ3n) is 2.32. The minimum atomic E-state index is -0.209. The van der Waals surface area contributed by atoms with E-state index in [9.17, 15) is 9.59 Å². The first-order valence-corrected chi connectivity index (χ1v) is 5.68. The van der Waals surface area contributed by atoms with Gasteiger partial charge in [-0.15, -0.1) is 0 Å². The Morgan fingerprint density at radius 1 is 1.31 bits per heavy atom. The maximum absolute atomic E-state index is 11.4. The molecule has 0 unspecified atom stereocenters. The normalized spacial score (nSPS) is 16.4. The lowest BCUT2D eigenvalue weighted by molar-refractivity contribution is -0.126. The molecule has 1 aliphatic heterocycles. The molecular weight excluding hydrogens is 206 g/mol. The molecule has 0 atom stereocenters. The van der Waals surface area contributed by atoms with Crippen LogP contribution in [-0.2, 0) is 9.59 Å². The van der Waals surface area contributed by atoms with Crippen LogP contribution in [0.5, 0.6) is 0 Å². The van der Waals surface area contributed by atoms with Crippen LogP contribution in [0.4, 0.5) is 0 Å². The molecule has 0 aromatic rings. The number of carbonyl (C=O) groups is 2. The summed E-state index contributed by atoms with van der Waals surface area (Å²) in [4.78, 5) is 22.8. The van der Waals surface area contributed by atoms with Gasteiger partial charge in [0.2, 0.25) is 11.8 Å². The van der Waals surface area contributed by atoms with E-state index in [0.717, 1.165) is 13.1 Å². The highest BCUT2D eigenvalue weighted by Crippen LogP contribution is 2.02. The summed E-state index contributed by atoms with van der Waals surface area (Å²) in [5.41, 5.74) is -0.209. The van der Waals surface area contributed by atoms with Crippen molar-refractivity contribution in [1.29, 1.82) is 0 Å². The Morgan fingerprint density at radius 2 is 1.94 bits per heavy atom. The van der Waals surface area contributed by atoms with Crippen molar-refractivity contribution in [3.8, 4) is 0 Å². The molecule has 0 aromatic carbocycles. The van der Waals surface area contributed by atoms with Crippen LogP contribution >= 0.6 is 0 Å². The molecule has 0 spiro atoms. The zero-order chi connectivity index (χ0) is 12.2. The predicted molar refractivity (Wildman–Crippen MR) is 61.9 cm³/mol. The topological polar surface area (TPSA) is 70.2 Å². The summed E-state index contributed by atoms with van der Waals surface area (Å²) in [6, 6.07) is 0. The molecule has 2 amide bonds. The molecule has 1 saturated heterocycles. The summed E-state index contributed by atoms with van der Waals surface area (Å²) in [7, 11) is 0. The summed E-state index contributed by atoms with van der Waals surface area (Å²) < 4.78 is 0. The molecule has 3 N–H and O–H groups in total. The van der Waals surface area contributed by atoms with Gasteiger partial charge >= 0.3 is 0 Å². The van der Waals surface area contributed by atoms with Gasteiger partial charge in [0.1, 0.15) is 0 Å². The summed E-state index contributed by atoms with van der Waals surface area (Å²) in [6.07, 6.45) is 0.336. The highest BCUT2D eigenvalue weighted by atomic mass is 16.2. The minimum Gasteiger partial charge on any atom is -0.355 e. The van der Waals surface area contributed by atoms with Crippen LogP contribution in [0.15, 0.2) is 0 Å². The van der Waals surface area contributed by atoms with E-state index < -0.39 is 0 Å². The first kappa shape index (κ1) is 13.0. The van der Waals surface area contributed by atoms with Crippen molar-refractivity contribution in [3.05, 3.63) is 0 Å². The number of hydrogen-bond acceptors (Lipinski definition) is 3. The smallest absolute Gasteiger partial charge is 0.225 e. The lowest BCUT2D eigenvalue weighted by atomic mass is 10.0. The summed E-state index contributed by atoms with van der Waals surface area (Å²) >= 11 is 0. The van der Waals surface area contributed by atoms with Gasteiger partial charge in [0.25, 0.3) is 0 Å². The minimum absolute atomic E-state index is 0.0282.